The van der Waals surface area contributed by atoms with E-state index in [2.05, 4.69) is 48.6 Å². The third kappa shape index (κ3) is 5.83. The lowest BCUT2D eigenvalue weighted by molar-refractivity contribution is -0.131. The molecule has 0 spiro atoms. The Hall–Kier alpha value is -2.07. The zero-order valence-corrected chi connectivity index (χ0v) is 21.6. The molecule has 3 aromatic rings. The summed E-state index contributed by atoms with van der Waals surface area (Å²) in [6.45, 7) is 6.52. The van der Waals surface area contributed by atoms with Crippen LogP contribution >= 0.6 is 55.2 Å². The fourth-order valence-electron chi connectivity index (χ4n) is 2.79. The Balaban J connectivity index is 1.94. The second-order valence-corrected chi connectivity index (χ2v) is 9.54. The lowest BCUT2D eigenvalue weighted by Crippen LogP contribution is -2.03. The molecule has 0 atom stereocenters. The molecule has 32 heavy (non-hydrogen) atoms. The van der Waals surface area contributed by atoms with Crippen LogP contribution in [0.2, 0.25) is 5.02 Å². The van der Waals surface area contributed by atoms with Crippen LogP contribution in [0.1, 0.15) is 12.5 Å². The molecule has 0 aliphatic heterocycles. The Morgan fingerprint density at radius 2 is 1.91 bits per heavy atom. The molecule has 0 bridgehead atoms. The number of ether oxygens (including phenoxy) is 1. The van der Waals surface area contributed by atoms with Gasteiger partial charge in [0.2, 0.25) is 0 Å². The molecular weight excluding hydrogens is 582 g/mol. The molecule has 3 rings (SSSR count). The third-order valence-corrected chi connectivity index (χ3v) is 6.64. The van der Waals surface area contributed by atoms with Gasteiger partial charge < -0.3 is 14.4 Å². The van der Waals surface area contributed by atoms with Crippen molar-refractivity contribution >= 4 is 67.3 Å². The van der Waals surface area contributed by atoms with Crippen LogP contribution in [0.15, 0.2) is 68.1 Å². The molecule has 0 fully saturated rings. The number of nitrogens with zero attached hydrogens (tertiary/aromatic N) is 3. The van der Waals surface area contributed by atoms with E-state index in [1.807, 2.05) is 23.6 Å². The fraction of sp³-hybridized carbons (Fsp3) is 0.136. The van der Waals surface area contributed by atoms with Crippen LogP contribution in [0.5, 0.6) is 5.75 Å². The number of halogens is 3. The van der Waals surface area contributed by atoms with Crippen molar-refractivity contribution < 1.29 is 14.6 Å². The lowest BCUT2D eigenvalue weighted by atomic mass is 10.2. The van der Waals surface area contributed by atoms with E-state index in [-0.39, 0.29) is 4.91 Å². The normalized spacial score (nSPS) is 11.4. The second-order valence-electron chi connectivity index (χ2n) is 6.39. The van der Waals surface area contributed by atoms with Gasteiger partial charge in [-0.3, -0.25) is 0 Å². The zero-order valence-electron chi connectivity index (χ0n) is 16.9. The van der Waals surface area contributed by atoms with Gasteiger partial charge in [-0.05, 0) is 98.6 Å². The van der Waals surface area contributed by atoms with E-state index in [9.17, 15) is 9.90 Å². The van der Waals surface area contributed by atoms with Gasteiger partial charge in [-0.15, -0.1) is 10.2 Å². The van der Waals surface area contributed by atoms with Crippen molar-refractivity contribution in [2.24, 2.45) is 0 Å². The predicted molar refractivity (Wildman–Crippen MR) is 135 cm³/mol. The largest absolute Gasteiger partial charge is 0.487 e. The van der Waals surface area contributed by atoms with Crippen molar-refractivity contribution in [1.82, 2.24) is 14.8 Å². The van der Waals surface area contributed by atoms with E-state index in [4.69, 9.17) is 16.3 Å². The Morgan fingerprint density at radius 1 is 1.25 bits per heavy atom. The number of carboxylic acids is 1. The molecule has 166 valence electrons. The Kier molecular flexibility index (Phi) is 8.58. The number of hydrogen-bond acceptors (Lipinski definition) is 5. The van der Waals surface area contributed by atoms with Crippen LogP contribution < -0.4 is 4.74 Å². The SMILES string of the molecule is C=CCOc1c(Br)cc(/C=C(\Sc2nnc(-c3ccc(Cl)cc3)n2CC)C(=O)O)cc1Br. The number of benzene rings is 2. The molecule has 1 aromatic heterocycles. The molecule has 1 heterocycles. The van der Waals surface area contributed by atoms with Crippen LogP contribution in [0.25, 0.3) is 17.5 Å². The molecule has 0 unspecified atom stereocenters. The number of hydrogen-bond donors (Lipinski definition) is 1. The number of rotatable bonds is 9. The molecule has 0 saturated heterocycles. The Morgan fingerprint density at radius 3 is 2.47 bits per heavy atom. The van der Waals surface area contributed by atoms with Gasteiger partial charge in [0.15, 0.2) is 11.0 Å². The highest BCUT2D eigenvalue weighted by Gasteiger charge is 2.19. The van der Waals surface area contributed by atoms with Crippen molar-refractivity contribution in [3.63, 3.8) is 0 Å². The molecule has 1 N–H and O–H groups in total. The Labute approximate surface area is 211 Å². The van der Waals surface area contributed by atoms with E-state index < -0.39 is 5.97 Å². The molecule has 6 nitrogen and oxygen atoms in total. The minimum absolute atomic E-state index is 0.105. The quantitative estimate of drug-likeness (QED) is 0.163. The molecular formula is C22H18Br2ClN3O3S. The van der Waals surface area contributed by atoms with Crippen molar-refractivity contribution in [2.45, 2.75) is 18.6 Å². The average Bonchev–Trinajstić information content (AvgIpc) is 3.15. The monoisotopic (exact) mass is 597 g/mol. The molecule has 0 aliphatic rings. The van der Waals surface area contributed by atoms with Crippen LogP contribution in [0, 0.1) is 0 Å². The summed E-state index contributed by atoms with van der Waals surface area (Å²) in [7, 11) is 0. The van der Waals surface area contributed by atoms with Gasteiger partial charge in [0.25, 0.3) is 0 Å². The molecule has 2 aromatic carbocycles. The minimum Gasteiger partial charge on any atom is -0.487 e. The summed E-state index contributed by atoms with van der Waals surface area (Å²) >= 11 is 14.0. The maximum absolute atomic E-state index is 12.0. The van der Waals surface area contributed by atoms with Crippen LogP contribution in [0.4, 0.5) is 0 Å². The van der Waals surface area contributed by atoms with Crippen molar-refractivity contribution in [3.05, 3.63) is 73.5 Å². The van der Waals surface area contributed by atoms with Crippen LogP contribution in [0.3, 0.4) is 0 Å². The first-order valence-electron chi connectivity index (χ1n) is 9.38. The van der Waals surface area contributed by atoms with Gasteiger partial charge in [-0.2, -0.15) is 0 Å². The smallest absolute Gasteiger partial charge is 0.342 e. The van der Waals surface area contributed by atoms with E-state index in [1.165, 1.54) is 0 Å². The molecule has 0 saturated carbocycles. The summed E-state index contributed by atoms with van der Waals surface area (Å²) in [5.41, 5.74) is 1.53. The van der Waals surface area contributed by atoms with Gasteiger partial charge in [0.1, 0.15) is 17.3 Å². The number of thioether (sulfide) groups is 1. The average molecular weight is 600 g/mol. The van der Waals surface area contributed by atoms with E-state index in [0.29, 0.717) is 49.4 Å². The summed E-state index contributed by atoms with van der Waals surface area (Å²) in [5.74, 6) is 0.198. The fourth-order valence-corrected chi connectivity index (χ4v) is 5.25. The van der Waals surface area contributed by atoms with E-state index in [1.54, 1.807) is 36.4 Å². The van der Waals surface area contributed by atoms with Crippen LogP contribution in [-0.2, 0) is 11.3 Å². The lowest BCUT2D eigenvalue weighted by Gasteiger charge is -2.10. The molecule has 0 aliphatic carbocycles. The first-order valence-corrected chi connectivity index (χ1v) is 12.2. The molecule has 0 radical (unpaired) electrons. The highest BCUT2D eigenvalue weighted by Crippen LogP contribution is 2.37. The maximum Gasteiger partial charge on any atom is 0.342 e. The van der Waals surface area contributed by atoms with Gasteiger partial charge in [-0.1, -0.05) is 24.3 Å². The van der Waals surface area contributed by atoms with Crippen molar-refractivity contribution in [1.29, 1.82) is 0 Å². The summed E-state index contributed by atoms with van der Waals surface area (Å²) < 4.78 is 8.86. The molecule has 0 amide bonds. The third-order valence-electron chi connectivity index (χ3n) is 4.21. The Bertz CT molecular complexity index is 1160. The summed E-state index contributed by atoms with van der Waals surface area (Å²) in [4.78, 5) is 12.1. The predicted octanol–water partition coefficient (Wildman–Crippen LogP) is 6.93. The number of carboxylic acid groups (broad SMARTS) is 1. The minimum atomic E-state index is -1.06. The second kappa shape index (κ2) is 11.2. The van der Waals surface area contributed by atoms with Gasteiger partial charge >= 0.3 is 5.97 Å². The first kappa shape index (κ1) is 24.6. The van der Waals surface area contributed by atoms with E-state index >= 15 is 0 Å². The van der Waals surface area contributed by atoms with Gasteiger partial charge in [0, 0.05) is 17.1 Å². The number of aromatic nitrogens is 3. The maximum atomic E-state index is 12.0. The highest BCUT2D eigenvalue weighted by molar-refractivity contribution is 9.11. The first-order chi connectivity index (χ1) is 15.3. The molecule has 10 heteroatoms. The summed E-state index contributed by atoms with van der Waals surface area (Å²) in [6.07, 6.45) is 3.23. The van der Waals surface area contributed by atoms with Crippen molar-refractivity contribution in [3.8, 4) is 17.1 Å². The highest BCUT2D eigenvalue weighted by atomic mass is 79.9. The van der Waals surface area contributed by atoms with Crippen molar-refractivity contribution in [2.75, 3.05) is 6.61 Å². The number of aliphatic carboxylic acids is 1. The topological polar surface area (TPSA) is 77.2 Å². The summed E-state index contributed by atoms with van der Waals surface area (Å²) in [5, 5.41) is 19.4. The van der Waals surface area contributed by atoms with E-state index in [0.717, 1.165) is 17.3 Å². The zero-order chi connectivity index (χ0) is 23.3. The van der Waals surface area contributed by atoms with Crippen LogP contribution in [-0.4, -0.2) is 32.4 Å². The van der Waals surface area contributed by atoms with Gasteiger partial charge in [-0.25, -0.2) is 4.79 Å². The van der Waals surface area contributed by atoms with Gasteiger partial charge in [0.05, 0.1) is 8.95 Å². The number of carbonyl (C=O) groups is 1. The standard InChI is InChI=1S/C22H18Br2ClN3O3S/c1-3-9-31-19-16(23)10-13(11-17(19)24)12-18(21(29)30)32-22-27-26-20(28(22)4-2)14-5-7-15(25)8-6-14/h3,5-8,10-12H,1,4,9H2,2H3,(H,29,30)/b18-12-. The summed E-state index contributed by atoms with van der Waals surface area (Å²) in [6, 6.07) is 10.8.